The van der Waals surface area contributed by atoms with Crippen LogP contribution in [0.2, 0.25) is 0 Å². The molecule has 180 valence electrons. The highest BCUT2D eigenvalue weighted by molar-refractivity contribution is 6.00. The number of carbonyl (C=O) groups is 1. The number of ketones is 1. The minimum atomic E-state index is -0.0333. The lowest BCUT2D eigenvalue weighted by molar-refractivity contribution is 0.0990. The van der Waals surface area contributed by atoms with Crippen LogP contribution in [0.25, 0.3) is 22.7 Å². The standard InChI is InChI=1S/C27H28N4O4/c1-33-21-5-6-22(25(16-21)34-2)23(32)15-18-12-19(17-31-10-8-28-9-11-31)14-20(13-18)27-30-26-24(35-27)4-3-7-29-26/h3-7,12-14,16,28H,8-11,15,17H2,1-2H3. The molecule has 1 aliphatic heterocycles. The highest BCUT2D eigenvalue weighted by Gasteiger charge is 2.18. The molecule has 1 aliphatic rings. The molecule has 3 heterocycles. The number of benzene rings is 2. The van der Waals surface area contributed by atoms with Gasteiger partial charge in [0.1, 0.15) is 11.5 Å². The summed E-state index contributed by atoms with van der Waals surface area (Å²) in [5.41, 5.74) is 4.56. The number of pyridine rings is 1. The summed E-state index contributed by atoms with van der Waals surface area (Å²) in [6.45, 7) is 4.70. The number of piperazine rings is 1. The van der Waals surface area contributed by atoms with Gasteiger partial charge in [0.05, 0.1) is 19.8 Å². The molecule has 8 nitrogen and oxygen atoms in total. The zero-order valence-corrected chi connectivity index (χ0v) is 19.9. The van der Waals surface area contributed by atoms with Crippen LogP contribution in [0.5, 0.6) is 11.5 Å². The number of hydrogen-bond donors (Lipinski definition) is 1. The second-order valence-electron chi connectivity index (χ2n) is 8.57. The van der Waals surface area contributed by atoms with Crippen LogP contribution < -0.4 is 14.8 Å². The largest absolute Gasteiger partial charge is 0.497 e. The number of nitrogens with zero attached hydrogens (tertiary/aromatic N) is 3. The highest BCUT2D eigenvalue weighted by Crippen LogP contribution is 2.29. The second kappa shape index (κ2) is 10.2. The van der Waals surface area contributed by atoms with Gasteiger partial charge in [-0.25, -0.2) is 4.98 Å². The van der Waals surface area contributed by atoms with E-state index < -0.39 is 0 Å². The van der Waals surface area contributed by atoms with Crippen LogP contribution >= 0.6 is 0 Å². The van der Waals surface area contributed by atoms with Gasteiger partial charge >= 0.3 is 0 Å². The summed E-state index contributed by atoms with van der Waals surface area (Å²) in [5, 5.41) is 3.39. The van der Waals surface area contributed by atoms with Gasteiger partial charge < -0.3 is 19.2 Å². The Labute approximate surface area is 203 Å². The van der Waals surface area contributed by atoms with Crippen molar-refractivity contribution in [2.75, 3.05) is 40.4 Å². The molecule has 0 aliphatic carbocycles. The molecule has 0 radical (unpaired) electrons. The fourth-order valence-corrected chi connectivity index (χ4v) is 4.41. The van der Waals surface area contributed by atoms with Gasteiger partial charge in [0.25, 0.3) is 0 Å². The summed E-state index contributed by atoms with van der Waals surface area (Å²) in [7, 11) is 3.14. The molecule has 0 atom stereocenters. The Kier molecular flexibility index (Phi) is 6.74. The molecule has 0 saturated carbocycles. The fraction of sp³-hybridized carbons (Fsp3) is 0.296. The number of oxazole rings is 1. The summed E-state index contributed by atoms with van der Waals surface area (Å²) in [4.78, 5) is 24.6. The van der Waals surface area contributed by atoms with E-state index in [1.807, 2.05) is 18.2 Å². The first-order valence-electron chi connectivity index (χ1n) is 11.7. The Balaban J connectivity index is 1.48. The number of fused-ring (bicyclic) bond motifs is 1. The molecule has 0 spiro atoms. The monoisotopic (exact) mass is 472 g/mol. The van der Waals surface area contributed by atoms with E-state index in [1.54, 1.807) is 38.6 Å². The predicted octanol–water partition coefficient (Wildman–Crippen LogP) is 3.74. The van der Waals surface area contributed by atoms with Crippen molar-refractivity contribution in [3.05, 3.63) is 71.4 Å². The zero-order valence-electron chi connectivity index (χ0n) is 19.9. The average molecular weight is 473 g/mol. The van der Waals surface area contributed by atoms with E-state index >= 15 is 0 Å². The average Bonchev–Trinajstić information content (AvgIpc) is 3.33. The topological polar surface area (TPSA) is 89.7 Å². The molecule has 1 saturated heterocycles. The first kappa shape index (κ1) is 23.0. The molecule has 35 heavy (non-hydrogen) atoms. The van der Waals surface area contributed by atoms with E-state index in [1.165, 1.54) is 0 Å². The summed E-state index contributed by atoms with van der Waals surface area (Å²) in [6.07, 6.45) is 1.92. The van der Waals surface area contributed by atoms with E-state index in [9.17, 15) is 4.79 Å². The Morgan fingerprint density at radius 2 is 1.89 bits per heavy atom. The maximum Gasteiger partial charge on any atom is 0.228 e. The van der Waals surface area contributed by atoms with Gasteiger partial charge in [-0.3, -0.25) is 9.69 Å². The first-order valence-corrected chi connectivity index (χ1v) is 11.7. The van der Waals surface area contributed by atoms with Gasteiger partial charge in [-0.15, -0.1) is 0 Å². The van der Waals surface area contributed by atoms with Gasteiger partial charge in [0, 0.05) is 57.0 Å². The Hall–Kier alpha value is -3.75. The van der Waals surface area contributed by atoms with Crippen LogP contribution in [0.1, 0.15) is 21.5 Å². The van der Waals surface area contributed by atoms with E-state index in [0.717, 1.165) is 49.4 Å². The van der Waals surface area contributed by atoms with Crippen molar-refractivity contribution in [2.45, 2.75) is 13.0 Å². The number of methoxy groups -OCH3 is 2. The molecule has 8 heteroatoms. The van der Waals surface area contributed by atoms with E-state index in [-0.39, 0.29) is 12.2 Å². The predicted molar refractivity (Wildman–Crippen MR) is 133 cm³/mol. The highest BCUT2D eigenvalue weighted by atomic mass is 16.5. The Bertz CT molecular complexity index is 1310. The SMILES string of the molecule is COc1ccc(C(=O)Cc2cc(CN3CCNCC3)cc(-c3nc4ncccc4o3)c2)c(OC)c1. The van der Waals surface area contributed by atoms with Gasteiger partial charge in [-0.1, -0.05) is 6.07 Å². The normalized spacial score (nSPS) is 14.2. The van der Waals surface area contributed by atoms with Crippen molar-refractivity contribution < 1.29 is 18.7 Å². The van der Waals surface area contributed by atoms with Gasteiger partial charge in [0.15, 0.2) is 17.0 Å². The van der Waals surface area contributed by atoms with Crippen LogP contribution in [0.3, 0.4) is 0 Å². The molecule has 2 aromatic heterocycles. The molecular formula is C27H28N4O4. The Morgan fingerprint density at radius 3 is 2.66 bits per heavy atom. The number of ether oxygens (including phenoxy) is 2. The van der Waals surface area contributed by atoms with Crippen LogP contribution in [0, 0.1) is 0 Å². The summed E-state index contributed by atoms with van der Waals surface area (Å²) in [6, 6.07) is 15.1. The third kappa shape index (κ3) is 5.18. The molecule has 5 rings (SSSR count). The van der Waals surface area contributed by atoms with E-state index in [2.05, 4.69) is 32.3 Å². The van der Waals surface area contributed by atoms with Crippen LogP contribution in [0.4, 0.5) is 0 Å². The van der Waals surface area contributed by atoms with Crippen molar-refractivity contribution in [1.29, 1.82) is 0 Å². The number of carbonyl (C=O) groups excluding carboxylic acids is 1. The molecule has 0 amide bonds. The molecule has 2 aromatic carbocycles. The molecule has 1 fully saturated rings. The molecule has 0 unspecified atom stereocenters. The van der Waals surface area contributed by atoms with Crippen molar-refractivity contribution >= 4 is 17.0 Å². The number of hydrogen-bond acceptors (Lipinski definition) is 8. The van der Waals surface area contributed by atoms with Crippen molar-refractivity contribution in [3.63, 3.8) is 0 Å². The number of rotatable bonds is 8. The minimum Gasteiger partial charge on any atom is -0.497 e. The third-order valence-electron chi connectivity index (χ3n) is 6.15. The van der Waals surface area contributed by atoms with Gasteiger partial charge in [0.2, 0.25) is 5.89 Å². The minimum absolute atomic E-state index is 0.0333. The smallest absolute Gasteiger partial charge is 0.228 e. The molecule has 1 N–H and O–H groups in total. The summed E-state index contributed by atoms with van der Waals surface area (Å²) < 4.78 is 16.7. The summed E-state index contributed by atoms with van der Waals surface area (Å²) >= 11 is 0. The van der Waals surface area contributed by atoms with Crippen molar-refractivity contribution in [1.82, 2.24) is 20.2 Å². The molecular weight excluding hydrogens is 444 g/mol. The van der Waals surface area contributed by atoms with E-state index in [0.29, 0.717) is 34.2 Å². The van der Waals surface area contributed by atoms with Crippen molar-refractivity contribution in [2.24, 2.45) is 0 Å². The van der Waals surface area contributed by atoms with Crippen LogP contribution in [0.15, 0.2) is 59.1 Å². The lowest BCUT2D eigenvalue weighted by Gasteiger charge is -2.27. The molecule has 4 aromatic rings. The van der Waals surface area contributed by atoms with Crippen molar-refractivity contribution in [3.8, 4) is 23.0 Å². The third-order valence-corrected chi connectivity index (χ3v) is 6.15. The number of nitrogens with one attached hydrogen (secondary N) is 1. The maximum atomic E-state index is 13.3. The lowest BCUT2D eigenvalue weighted by atomic mass is 9.98. The Morgan fingerprint density at radius 1 is 1.06 bits per heavy atom. The van der Waals surface area contributed by atoms with Crippen LogP contribution in [-0.2, 0) is 13.0 Å². The zero-order chi connectivity index (χ0) is 24.2. The lowest BCUT2D eigenvalue weighted by Crippen LogP contribution is -2.42. The van der Waals surface area contributed by atoms with Crippen LogP contribution in [-0.4, -0.2) is 61.0 Å². The number of Topliss-reactive ketones (excluding diaryl/α,β-unsaturated/α-hetero) is 1. The fourth-order valence-electron chi connectivity index (χ4n) is 4.41. The quantitative estimate of drug-likeness (QED) is 0.388. The van der Waals surface area contributed by atoms with E-state index in [4.69, 9.17) is 13.9 Å². The van der Waals surface area contributed by atoms with Gasteiger partial charge in [-0.05, 0) is 47.5 Å². The summed E-state index contributed by atoms with van der Waals surface area (Å²) in [5.74, 6) is 1.60. The maximum absolute atomic E-state index is 13.3. The molecule has 0 bridgehead atoms. The van der Waals surface area contributed by atoms with Gasteiger partial charge in [-0.2, -0.15) is 4.98 Å². The first-order chi connectivity index (χ1) is 17.1. The second-order valence-corrected chi connectivity index (χ2v) is 8.57. The number of aromatic nitrogens is 2.